The Labute approximate surface area is 99.1 Å². The van der Waals surface area contributed by atoms with Gasteiger partial charge in [0.2, 0.25) is 0 Å². The van der Waals surface area contributed by atoms with Crippen LogP contribution in [0.4, 0.5) is 4.39 Å². The lowest BCUT2D eigenvalue weighted by Crippen LogP contribution is -2.01. The van der Waals surface area contributed by atoms with Crippen molar-refractivity contribution in [2.45, 2.75) is 19.8 Å². The van der Waals surface area contributed by atoms with E-state index in [1.54, 1.807) is 6.07 Å². The van der Waals surface area contributed by atoms with E-state index in [1.807, 2.05) is 13.0 Å². The Kier molecular flexibility index (Phi) is 4.33. The molecule has 0 atom stereocenters. The fourth-order valence-electron chi connectivity index (χ4n) is 1.34. The van der Waals surface area contributed by atoms with Gasteiger partial charge in [-0.1, -0.05) is 31.0 Å². The quantitative estimate of drug-likeness (QED) is 0.820. The average Bonchev–Trinajstić information content (AvgIpc) is 2.28. The maximum Gasteiger partial charge on any atom is 0.142 e. The maximum atomic E-state index is 13.2. The van der Waals surface area contributed by atoms with Crippen molar-refractivity contribution in [1.82, 2.24) is 0 Å². The van der Waals surface area contributed by atoms with Gasteiger partial charge in [-0.25, -0.2) is 4.39 Å². The van der Waals surface area contributed by atoms with Crippen LogP contribution >= 0.6 is 11.6 Å². The SMILES string of the molecule is CCC/C(C#N)=C(/N)c1ccc(Cl)c(F)c1. The van der Waals surface area contributed by atoms with Gasteiger partial charge in [-0.15, -0.1) is 0 Å². The lowest BCUT2D eigenvalue weighted by Gasteiger charge is -2.05. The van der Waals surface area contributed by atoms with Crippen molar-refractivity contribution < 1.29 is 4.39 Å². The smallest absolute Gasteiger partial charge is 0.142 e. The Balaban J connectivity index is 3.17. The molecule has 2 N–H and O–H groups in total. The zero-order chi connectivity index (χ0) is 12.1. The summed E-state index contributed by atoms with van der Waals surface area (Å²) in [4.78, 5) is 0. The number of benzene rings is 1. The molecule has 0 amide bonds. The van der Waals surface area contributed by atoms with Crippen LogP contribution in [0.3, 0.4) is 0 Å². The summed E-state index contributed by atoms with van der Waals surface area (Å²) in [5, 5.41) is 8.95. The number of allylic oxidation sites excluding steroid dienone is 1. The van der Waals surface area contributed by atoms with Crippen LogP contribution in [0.5, 0.6) is 0 Å². The summed E-state index contributed by atoms with van der Waals surface area (Å²) in [6.45, 7) is 1.95. The van der Waals surface area contributed by atoms with Gasteiger partial charge in [0.05, 0.1) is 22.4 Å². The molecule has 2 nitrogen and oxygen atoms in total. The second-order valence-electron chi connectivity index (χ2n) is 3.38. The molecule has 0 fully saturated rings. The Morgan fingerprint density at radius 1 is 1.56 bits per heavy atom. The molecule has 0 unspecified atom stereocenters. The van der Waals surface area contributed by atoms with Gasteiger partial charge in [-0.3, -0.25) is 0 Å². The topological polar surface area (TPSA) is 49.8 Å². The molecular formula is C12H12ClFN2. The molecular weight excluding hydrogens is 227 g/mol. The second kappa shape index (κ2) is 5.53. The van der Waals surface area contributed by atoms with Crippen molar-refractivity contribution in [3.8, 4) is 6.07 Å². The molecule has 0 aliphatic carbocycles. The molecule has 1 aromatic rings. The molecule has 0 bridgehead atoms. The van der Waals surface area contributed by atoms with E-state index in [9.17, 15) is 4.39 Å². The number of nitriles is 1. The molecule has 0 radical (unpaired) electrons. The molecule has 0 aliphatic heterocycles. The monoisotopic (exact) mass is 238 g/mol. The average molecular weight is 239 g/mol. The Morgan fingerprint density at radius 3 is 2.75 bits per heavy atom. The summed E-state index contributed by atoms with van der Waals surface area (Å²) < 4.78 is 13.2. The van der Waals surface area contributed by atoms with Gasteiger partial charge in [0.1, 0.15) is 5.82 Å². The van der Waals surface area contributed by atoms with Crippen LogP contribution in [-0.2, 0) is 0 Å². The Bertz CT molecular complexity index is 461. The van der Waals surface area contributed by atoms with Gasteiger partial charge in [0.15, 0.2) is 0 Å². The highest BCUT2D eigenvalue weighted by molar-refractivity contribution is 6.30. The van der Waals surface area contributed by atoms with Crippen molar-refractivity contribution in [3.05, 3.63) is 40.2 Å². The predicted octanol–water partition coefficient (Wildman–Crippen LogP) is 3.47. The van der Waals surface area contributed by atoms with Crippen LogP contribution < -0.4 is 5.73 Å². The first-order valence-corrected chi connectivity index (χ1v) is 5.32. The van der Waals surface area contributed by atoms with Crippen molar-refractivity contribution in [3.63, 3.8) is 0 Å². The molecule has 4 heteroatoms. The summed E-state index contributed by atoms with van der Waals surface area (Å²) in [6, 6.07) is 6.31. The normalized spacial score (nSPS) is 11.9. The molecule has 1 aromatic carbocycles. The maximum absolute atomic E-state index is 13.2. The first kappa shape index (κ1) is 12.5. The van der Waals surface area contributed by atoms with E-state index < -0.39 is 5.82 Å². The molecule has 16 heavy (non-hydrogen) atoms. The highest BCUT2D eigenvalue weighted by Gasteiger charge is 2.07. The van der Waals surface area contributed by atoms with Crippen LogP contribution in [-0.4, -0.2) is 0 Å². The molecule has 0 spiro atoms. The number of rotatable bonds is 3. The van der Waals surface area contributed by atoms with E-state index in [0.29, 0.717) is 23.3 Å². The highest BCUT2D eigenvalue weighted by atomic mass is 35.5. The molecule has 0 saturated heterocycles. The van der Waals surface area contributed by atoms with Gasteiger partial charge in [-0.05, 0) is 18.6 Å². The third-order valence-electron chi connectivity index (χ3n) is 2.19. The minimum atomic E-state index is -0.532. The molecule has 0 heterocycles. The van der Waals surface area contributed by atoms with E-state index in [2.05, 4.69) is 0 Å². The summed E-state index contributed by atoms with van der Waals surface area (Å²) in [7, 11) is 0. The third-order valence-corrected chi connectivity index (χ3v) is 2.50. The van der Waals surface area contributed by atoms with Crippen molar-refractivity contribution in [2.24, 2.45) is 5.73 Å². The van der Waals surface area contributed by atoms with Crippen LogP contribution in [0.25, 0.3) is 5.70 Å². The van der Waals surface area contributed by atoms with Crippen LogP contribution in [0.15, 0.2) is 23.8 Å². The molecule has 84 valence electrons. The molecule has 0 aliphatic rings. The molecule has 1 rings (SSSR count). The van der Waals surface area contributed by atoms with Crippen LogP contribution in [0, 0.1) is 17.1 Å². The van der Waals surface area contributed by atoms with Crippen LogP contribution in [0.2, 0.25) is 5.02 Å². The van der Waals surface area contributed by atoms with Gasteiger partial charge in [-0.2, -0.15) is 5.26 Å². The number of nitrogens with zero attached hydrogens (tertiary/aromatic N) is 1. The van der Waals surface area contributed by atoms with Gasteiger partial charge < -0.3 is 5.73 Å². The second-order valence-corrected chi connectivity index (χ2v) is 3.79. The van der Waals surface area contributed by atoms with E-state index in [1.165, 1.54) is 12.1 Å². The first-order valence-electron chi connectivity index (χ1n) is 4.94. The van der Waals surface area contributed by atoms with Crippen molar-refractivity contribution in [1.29, 1.82) is 5.26 Å². The van der Waals surface area contributed by atoms with E-state index in [-0.39, 0.29) is 5.02 Å². The molecule has 0 aromatic heterocycles. The fourth-order valence-corrected chi connectivity index (χ4v) is 1.46. The lowest BCUT2D eigenvalue weighted by molar-refractivity contribution is 0.627. The summed E-state index contributed by atoms with van der Waals surface area (Å²) in [5.41, 5.74) is 7.09. The minimum Gasteiger partial charge on any atom is -0.397 e. The summed E-state index contributed by atoms with van der Waals surface area (Å²) in [6.07, 6.45) is 1.41. The highest BCUT2D eigenvalue weighted by Crippen LogP contribution is 2.21. The largest absolute Gasteiger partial charge is 0.397 e. The molecule has 0 saturated carbocycles. The fraction of sp³-hybridized carbons (Fsp3) is 0.250. The van der Waals surface area contributed by atoms with E-state index in [0.717, 1.165) is 6.42 Å². The zero-order valence-corrected chi connectivity index (χ0v) is 9.68. The first-order chi connectivity index (χ1) is 7.60. The van der Waals surface area contributed by atoms with Gasteiger partial charge in [0, 0.05) is 5.56 Å². The van der Waals surface area contributed by atoms with Crippen molar-refractivity contribution >= 4 is 17.3 Å². The number of hydrogen-bond donors (Lipinski definition) is 1. The standard InChI is InChI=1S/C12H12ClFN2/c1-2-3-9(7-15)12(16)8-4-5-10(13)11(14)6-8/h4-6H,2-3,16H2,1H3/b12-9-. The Hall–Kier alpha value is -1.53. The lowest BCUT2D eigenvalue weighted by atomic mass is 10.0. The summed E-state index contributed by atoms with van der Waals surface area (Å²) in [5.74, 6) is -0.532. The zero-order valence-electron chi connectivity index (χ0n) is 8.93. The van der Waals surface area contributed by atoms with E-state index >= 15 is 0 Å². The number of halogens is 2. The number of hydrogen-bond acceptors (Lipinski definition) is 2. The minimum absolute atomic E-state index is 0.0468. The predicted molar refractivity (Wildman–Crippen MR) is 63.0 cm³/mol. The Morgan fingerprint density at radius 2 is 2.25 bits per heavy atom. The van der Waals surface area contributed by atoms with Crippen LogP contribution in [0.1, 0.15) is 25.3 Å². The number of nitrogens with two attached hydrogens (primary N) is 1. The van der Waals surface area contributed by atoms with Gasteiger partial charge >= 0.3 is 0 Å². The van der Waals surface area contributed by atoms with Gasteiger partial charge in [0.25, 0.3) is 0 Å². The van der Waals surface area contributed by atoms with E-state index in [4.69, 9.17) is 22.6 Å². The third kappa shape index (κ3) is 2.74. The summed E-state index contributed by atoms with van der Waals surface area (Å²) >= 11 is 5.56. The van der Waals surface area contributed by atoms with Crippen molar-refractivity contribution in [2.75, 3.05) is 0 Å².